The number of guanidine groups is 1. The number of imidazole rings is 1. The molecular weight excluding hydrogens is 414 g/mol. The van der Waals surface area contributed by atoms with Gasteiger partial charge in [-0.25, -0.2) is 4.98 Å². The van der Waals surface area contributed by atoms with E-state index in [1.807, 2.05) is 42.7 Å². The normalized spacial score (nSPS) is 13.5. The van der Waals surface area contributed by atoms with Crippen LogP contribution in [0.5, 0.6) is 11.5 Å². The van der Waals surface area contributed by atoms with Gasteiger partial charge in [-0.05, 0) is 35.4 Å². The first-order chi connectivity index (χ1) is 16.3. The zero-order valence-corrected chi connectivity index (χ0v) is 18.6. The van der Waals surface area contributed by atoms with Gasteiger partial charge in [-0.1, -0.05) is 36.4 Å². The molecule has 2 N–H and O–H groups in total. The molecule has 0 aliphatic carbocycles. The second kappa shape index (κ2) is 9.65. The Hall–Kier alpha value is -4.00. The highest BCUT2D eigenvalue weighted by Crippen LogP contribution is 2.32. The molecule has 1 aliphatic rings. The van der Waals surface area contributed by atoms with Crippen LogP contribution in [0.1, 0.15) is 17.5 Å². The Morgan fingerprint density at radius 2 is 1.76 bits per heavy atom. The van der Waals surface area contributed by atoms with E-state index in [1.165, 1.54) is 11.1 Å². The molecule has 168 valence electrons. The molecule has 7 nitrogen and oxygen atoms in total. The first-order valence-electron chi connectivity index (χ1n) is 11.1. The minimum absolute atomic E-state index is 0.663. The average Bonchev–Trinajstić information content (AvgIpc) is 3.10. The second-order valence-electron chi connectivity index (χ2n) is 7.94. The molecule has 4 aromatic rings. The van der Waals surface area contributed by atoms with Gasteiger partial charge in [0.05, 0.1) is 30.6 Å². The van der Waals surface area contributed by atoms with E-state index in [9.17, 15) is 0 Å². The van der Waals surface area contributed by atoms with Crippen molar-refractivity contribution in [1.82, 2.24) is 14.9 Å². The quantitative estimate of drug-likeness (QED) is 0.354. The lowest BCUT2D eigenvalue weighted by molar-refractivity contribution is 0.297. The lowest BCUT2D eigenvalue weighted by Gasteiger charge is -2.14. The van der Waals surface area contributed by atoms with E-state index in [2.05, 4.69) is 55.5 Å². The van der Waals surface area contributed by atoms with E-state index in [0.29, 0.717) is 25.7 Å². The number of benzene rings is 3. The summed E-state index contributed by atoms with van der Waals surface area (Å²) < 4.78 is 13.6. The number of ether oxygens (including phenoxy) is 2. The Bertz CT molecular complexity index is 1260. The molecule has 0 fully saturated rings. The third kappa shape index (κ3) is 4.92. The molecule has 1 aromatic heterocycles. The van der Waals surface area contributed by atoms with Crippen LogP contribution in [-0.4, -0.2) is 35.8 Å². The number of nitrogens with one attached hydrogen (secondary N) is 2. The van der Waals surface area contributed by atoms with Crippen LogP contribution in [0.3, 0.4) is 0 Å². The van der Waals surface area contributed by atoms with Crippen molar-refractivity contribution in [3.63, 3.8) is 0 Å². The van der Waals surface area contributed by atoms with Gasteiger partial charge in [-0.15, -0.1) is 0 Å². The third-order valence-electron chi connectivity index (χ3n) is 5.60. The largest absolute Gasteiger partial charge is 0.490 e. The van der Waals surface area contributed by atoms with Crippen molar-refractivity contribution in [1.29, 1.82) is 0 Å². The molecule has 0 amide bonds. The number of aliphatic imine (C=N–C) groups is 1. The molecule has 3 aromatic carbocycles. The molecular formula is C26H27N5O2. The van der Waals surface area contributed by atoms with E-state index >= 15 is 0 Å². The third-order valence-corrected chi connectivity index (χ3v) is 5.60. The van der Waals surface area contributed by atoms with Crippen molar-refractivity contribution in [2.24, 2.45) is 4.99 Å². The topological polar surface area (TPSA) is 72.7 Å². The summed E-state index contributed by atoms with van der Waals surface area (Å²) in [5, 5.41) is 6.69. The minimum Gasteiger partial charge on any atom is -0.490 e. The SMILES string of the molecule is CN=C(NCc1ccc(Cn2cnc3ccccc32)cc1)Nc1ccc2c(c1)OCCCO2. The van der Waals surface area contributed by atoms with E-state index in [1.54, 1.807) is 7.05 Å². The number of nitrogens with zero attached hydrogens (tertiary/aromatic N) is 3. The van der Waals surface area contributed by atoms with Crippen molar-refractivity contribution >= 4 is 22.7 Å². The number of hydrogen-bond donors (Lipinski definition) is 2. The summed E-state index contributed by atoms with van der Waals surface area (Å²) in [5.41, 5.74) is 5.47. The Labute approximate surface area is 193 Å². The molecule has 0 saturated heterocycles. The monoisotopic (exact) mass is 441 g/mol. The zero-order valence-electron chi connectivity index (χ0n) is 18.6. The summed E-state index contributed by atoms with van der Waals surface area (Å²) in [6.45, 7) is 2.80. The van der Waals surface area contributed by atoms with Gasteiger partial charge in [0.2, 0.25) is 0 Å². The van der Waals surface area contributed by atoms with E-state index in [0.717, 1.165) is 41.2 Å². The number of anilines is 1. The highest BCUT2D eigenvalue weighted by atomic mass is 16.5. The van der Waals surface area contributed by atoms with E-state index < -0.39 is 0 Å². The van der Waals surface area contributed by atoms with Crippen molar-refractivity contribution in [3.05, 3.63) is 84.2 Å². The second-order valence-corrected chi connectivity index (χ2v) is 7.94. The molecule has 0 unspecified atom stereocenters. The summed E-state index contributed by atoms with van der Waals surface area (Å²) in [7, 11) is 1.76. The molecule has 1 aliphatic heterocycles. The predicted molar refractivity (Wildman–Crippen MR) is 131 cm³/mol. The van der Waals surface area contributed by atoms with Gasteiger partial charge in [0.25, 0.3) is 0 Å². The Balaban J connectivity index is 1.18. The minimum atomic E-state index is 0.663. The van der Waals surface area contributed by atoms with Crippen molar-refractivity contribution < 1.29 is 9.47 Å². The number of rotatable bonds is 5. The highest BCUT2D eigenvalue weighted by Gasteiger charge is 2.11. The van der Waals surface area contributed by atoms with Crippen LogP contribution in [-0.2, 0) is 13.1 Å². The molecule has 0 saturated carbocycles. The maximum Gasteiger partial charge on any atom is 0.195 e. The van der Waals surface area contributed by atoms with Gasteiger partial charge in [0.1, 0.15) is 0 Å². The summed E-state index contributed by atoms with van der Waals surface area (Å²) in [4.78, 5) is 8.81. The van der Waals surface area contributed by atoms with Gasteiger partial charge in [0.15, 0.2) is 17.5 Å². The summed E-state index contributed by atoms with van der Waals surface area (Å²) in [6, 6.07) is 22.6. The maximum atomic E-state index is 5.77. The van der Waals surface area contributed by atoms with Crippen molar-refractivity contribution in [2.75, 3.05) is 25.6 Å². The number of hydrogen-bond acceptors (Lipinski definition) is 4. The van der Waals surface area contributed by atoms with Crippen LogP contribution in [0.2, 0.25) is 0 Å². The van der Waals surface area contributed by atoms with Gasteiger partial charge < -0.3 is 24.7 Å². The molecule has 5 rings (SSSR count). The highest BCUT2D eigenvalue weighted by molar-refractivity contribution is 5.93. The lowest BCUT2D eigenvalue weighted by Crippen LogP contribution is -2.30. The van der Waals surface area contributed by atoms with Gasteiger partial charge in [0, 0.05) is 38.3 Å². The molecule has 2 heterocycles. The summed E-state index contributed by atoms with van der Waals surface area (Å²) >= 11 is 0. The van der Waals surface area contributed by atoms with Crippen LogP contribution in [0, 0.1) is 0 Å². The smallest absolute Gasteiger partial charge is 0.195 e. The molecule has 0 radical (unpaired) electrons. The van der Waals surface area contributed by atoms with Crippen molar-refractivity contribution in [3.8, 4) is 11.5 Å². The average molecular weight is 442 g/mol. The van der Waals surface area contributed by atoms with Crippen LogP contribution in [0.25, 0.3) is 11.0 Å². The lowest BCUT2D eigenvalue weighted by atomic mass is 10.1. The Morgan fingerprint density at radius 3 is 2.61 bits per heavy atom. The molecule has 0 bridgehead atoms. The fourth-order valence-electron chi connectivity index (χ4n) is 3.84. The fraction of sp³-hybridized carbons (Fsp3) is 0.231. The van der Waals surface area contributed by atoms with Gasteiger partial charge >= 0.3 is 0 Å². The predicted octanol–water partition coefficient (Wildman–Crippen LogP) is 4.43. The summed E-state index contributed by atoms with van der Waals surface area (Å²) in [5.74, 6) is 2.23. The van der Waals surface area contributed by atoms with E-state index in [-0.39, 0.29) is 0 Å². The number of fused-ring (bicyclic) bond motifs is 2. The van der Waals surface area contributed by atoms with Gasteiger partial charge in [-0.2, -0.15) is 0 Å². The van der Waals surface area contributed by atoms with Crippen molar-refractivity contribution in [2.45, 2.75) is 19.5 Å². The zero-order chi connectivity index (χ0) is 22.5. The van der Waals surface area contributed by atoms with Gasteiger partial charge in [-0.3, -0.25) is 4.99 Å². The molecule has 0 atom stereocenters. The van der Waals surface area contributed by atoms with Crippen LogP contribution >= 0.6 is 0 Å². The van der Waals surface area contributed by atoms with Crippen LogP contribution in [0.4, 0.5) is 5.69 Å². The fourth-order valence-corrected chi connectivity index (χ4v) is 3.84. The van der Waals surface area contributed by atoms with Crippen LogP contribution < -0.4 is 20.1 Å². The first-order valence-corrected chi connectivity index (χ1v) is 11.1. The maximum absolute atomic E-state index is 5.77. The Morgan fingerprint density at radius 1 is 0.970 bits per heavy atom. The molecule has 7 heteroatoms. The summed E-state index contributed by atoms with van der Waals surface area (Å²) in [6.07, 6.45) is 2.79. The van der Waals surface area contributed by atoms with E-state index in [4.69, 9.17) is 9.47 Å². The standard InChI is InChI=1S/C26H27N5O2/c1-27-26(30-21-11-12-24-25(15-21)33-14-4-13-32-24)28-16-19-7-9-20(10-8-19)17-31-18-29-22-5-2-3-6-23(22)31/h2-3,5-12,15,18H,4,13-14,16-17H2,1H3,(H2,27,28,30). The first kappa shape index (κ1) is 20.9. The number of para-hydroxylation sites is 2. The number of aromatic nitrogens is 2. The molecule has 0 spiro atoms. The van der Waals surface area contributed by atoms with Crippen LogP contribution in [0.15, 0.2) is 78.0 Å². The molecule has 33 heavy (non-hydrogen) atoms. The Kier molecular flexibility index (Phi) is 6.10.